The van der Waals surface area contributed by atoms with Crippen LogP contribution in [-0.4, -0.2) is 40.4 Å². The van der Waals surface area contributed by atoms with Gasteiger partial charge in [0.2, 0.25) is 5.75 Å². The quantitative estimate of drug-likeness (QED) is 0.229. The highest BCUT2D eigenvalue weighted by molar-refractivity contribution is 7.54. The van der Waals surface area contributed by atoms with Crippen LogP contribution in [0.25, 0.3) is 0 Å². The Balaban J connectivity index is 1.57. The van der Waals surface area contributed by atoms with Crippen molar-refractivity contribution in [2.24, 2.45) is 0 Å². The Morgan fingerprint density at radius 3 is 2.10 bits per heavy atom. The van der Waals surface area contributed by atoms with Crippen molar-refractivity contribution in [3.8, 4) is 11.5 Å². The molecule has 0 amide bonds. The highest BCUT2D eigenvalue weighted by Gasteiger charge is 2.50. The van der Waals surface area contributed by atoms with Crippen molar-refractivity contribution in [1.29, 1.82) is 0 Å². The Morgan fingerprint density at radius 1 is 1.03 bits per heavy atom. The highest BCUT2D eigenvalue weighted by Crippen LogP contribution is 2.63. The summed E-state index contributed by atoms with van der Waals surface area (Å²) in [6, 6.07) is 12.2. The van der Waals surface area contributed by atoms with Gasteiger partial charge in [-0.05, 0) is 47.7 Å². The maximum atomic E-state index is 13.3. The van der Waals surface area contributed by atoms with Crippen LogP contribution in [0.3, 0.4) is 0 Å². The van der Waals surface area contributed by atoms with Crippen molar-refractivity contribution in [3.05, 3.63) is 63.7 Å². The smallest absolute Gasteiger partial charge is 0.346 e. The van der Waals surface area contributed by atoms with Crippen LogP contribution in [0, 0.1) is 10.1 Å². The Kier molecular flexibility index (Phi) is 5.68. The molecule has 166 valence electrons. The van der Waals surface area contributed by atoms with E-state index in [4.69, 9.17) is 9.26 Å². The van der Waals surface area contributed by atoms with E-state index < -0.39 is 18.7 Å². The Bertz CT molecular complexity index is 1010. The molecule has 0 spiro atoms. The molecule has 1 atom stereocenters. The number of hydrogen-bond acceptors (Lipinski definition) is 5. The molecule has 1 unspecified atom stereocenters. The van der Waals surface area contributed by atoms with Crippen molar-refractivity contribution < 1.29 is 18.7 Å². The average molecular weight is 445 g/mol. The second kappa shape index (κ2) is 8.02. The molecule has 2 saturated heterocycles. The summed E-state index contributed by atoms with van der Waals surface area (Å²) in [7, 11) is -3.00. The molecule has 0 aromatic heterocycles. The number of benzene rings is 2. The van der Waals surface area contributed by atoms with Gasteiger partial charge in [-0.1, -0.05) is 32.9 Å². The van der Waals surface area contributed by atoms with E-state index in [0.717, 1.165) is 31.7 Å². The summed E-state index contributed by atoms with van der Waals surface area (Å²) < 4.78 is 28.9. The zero-order valence-electron chi connectivity index (χ0n) is 18.3. The van der Waals surface area contributed by atoms with E-state index in [2.05, 4.69) is 20.8 Å². The third-order valence-electron chi connectivity index (χ3n) is 5.46. The summed E-state index contributed by atoms with van der Waals surface area (Å²) in [5, 5.41) is 11.5. The third kappa shape index (κ3) is 4.83. The van der Waals surface area contributed by atoms with Gasteiger partial charge < -0.3 is 4.74 Å². The molecule has 2 heterocycles. The van der Waals surface area contributed by atoms with Crippen LogP contribution >= 0.6 is 7.67 Å². The van der Waals surface area contributed by atoms with E-state index in [9.17, 15) is 14.7 Å². The van der Waals surface area contributed by atoms with Crippen molar-refractivity contribution in [2.75, 3.05) is 26.2 Å². The first-order valence-corrected chi connectivity index (χ1v) is 12.0. The van der Waals surface area contributed by atoms with Gasteiger partial charge in [-0.3, -0.25) is 19.2 Å². The largest absolute Gasteiger partial charge is 0.450 e. The normalized spacial score (nSPS) is 17.9. The van der Waals surface area contributed by atoms with E-state index in [0.29, 0.717) is 11.3 Å². The fourth-order valence-electron chi connectivity index (χ4n) is 3.34. The van der Waals surface area contributed by atoms with Gasteiger partial charge in [0.05, 0.1) is 11.0 Å². The predicted octanol–water partition coefficient (Wildman–Crippen LogP) is 5.50. The third-order valence-corrected chi connectivity index (χ3v) is 8.28. The van der Waals surface area contributed by atoms with Gasteiger partial charge in [-0.15, -0.1) is 0 Å². The lowest BCUT2D eigenvalue weighted by atomic mass is 9.87. The minimum atomic E-state index is -3.00. The summed E-state index contributed by atoms with van der Waals surface area (Å²) in [6.07, 6.45) is -0.501. The fourth-order valence-corrected chi connectivity index (χ4v) is 5.69. The van der Waals surface area contributed by atoms with Crippen molar-refractivity contribution in [3.63, 3.8) is 0 Å². The molecule has 9 heteroatoms. The molecule has 2 fully saturated rings. The van der Waals surface area contributed by atoms with E-state index >= 15 is 0 Å². The van der Waals surface area contributed by atoms with Gasteiger partial charge in [0.1, 0.15) is 5.75 Å². The molecular formula is C22H28N3O5P. The van der Waals surface area contributed by atoms with E-state index in [1.54, 1.807) is 12.1 Å². The molecule has 2 aromatic carbocycles. The van der Waals surface area contributed by atoms with Gasteiger partial charge in [-0.25, -0.2) is 9.34 Å². The summed E-state index contributed by atoms with van der Waals surface area (Å²) in [4.78, 5) is 11.1. The van der Waals surface area contributed by atoms with Crippen LogP contribution < -0.4 is 4.74 Å². The van der Waals surface area contributed by atoms with Crippen LogP contribution in [0.15, 0.2) is 42.5 Å². The zero-order chi connectivity index (χ0) is 22.4. The Hall–Kier alpha value is -2.25. The molecule has 0 N–H and O–H groups in total. The topological polar surface area (TPSA) is 84.7 Å². The summed E-state index contributed by atoms with van der Waals surface area (Å²) in [5.74, 6) is 0.649. The first kappa shape index (κ1) is 22.0. The number of hydrogen-bond donors (Lipinski definition) is 0. The molecule has 2 aromatic rings. The molecular weight excluding hydrogens is 417 g/mol. The first-order chi connectivity index (χ1) is 14.6. The van der Waals surface area contributed by atoms with Crippen LogP contribution in [-0.2, 0) is 14.5 Å². The van der Waals surface area contributed by atoms with E-state index in [1.807, 2.05) is 40.5 Å². The highest BCUT2D eigenvalue weighted by atomic mass is 31.2. The lowest BCUT2D eigenvalue weighted by Gasteiger charge is -2.24. The second-order valence-electron chi connectivity index (χ2n) is 9.01. The van der Waals surface area contributed by atoms with Crippen LogP contribution in [0.5, 0.6) is 11.5 Å². The molecule has 31 heavy (non-hydrogen) atoms. The number of nitrogens with zero attached hydrogens (tertiary/aromatic N) is 3. The van der Waals surface area contributed by atoms with Crippen LogP contribution in [0.1, 0.15) is 44.9 Å². The lowest BCUT2D eigenvalue weighted by Crippen LogP contribution is -2.11. The van der Waals surface area contributed by atoms with Crippen molar-refractivity contribution >= 4 is 13.4 Å². The zero-order valence-corrected chi connectivity index (χ0v) is 19.2. The Morgan fingerprint density at radius 2 is 1.61 bits per heavy atom. The maximum Gasteiger partial charge on any atom is 0.346 e. The molecule has 4 rings (SSSR count). The number of rotatable bonds is 8. The molecule has 0 radical (unpaired) electrons. The molecule has 0 saturated carbocycles. The summed E-state index contributed by atoms with van der Waals surface area (Å²) in [6.45, 7) is 11.2. The minimum absolute atomic E-state index is 0.000313. The predicted molar refractivity (Wildman–Crippen MR) is 119 cm³/mol. The van der Waals surface area contributed by atoms with E-state index in [-0.39, 0.29) is 16.9 Å². The van der Waals surface area contributed by atoms with E-state index in [1.165, 1.54) is 6.07 Å². The minimum Gasteiger partial charge on any atom is -0.450 e. The van der Waals surface area contributed by atoms with Crippen LogP contribution in [0.2, 0.25) is 0 Å². The standard InChI is InChI=1S/C22H28N3O5P/c1-16(30-31(28,23-11-12-23)24-13-14-24)17-5-10-20(25(26)27)21(15-17)29-19-8-6-18(7-9-19)22(2,3)4/h5-10,15-16H,11-14H2,1-4H3. The molecule has 0 bridgehead atoms. The van der Waals surface area contributed by atoms with Gasteiger partial charge in [0.15, 0.2) is 0 Å². The fraction of sp³-hybridized carbons (Fsp3) is 0.455. The first-order valence-electron chi connectivity index (χ1n) is 10.4. The number of nitro groups is 1. The van der Waals surface area contributed by atoms with Gasteiger partial charge in [0.25, 0.3) is 0 Å². The van der Waals surface area contributed by atoms with Crippen molar-refractivity contribution in [2.45, 2.75) is 39.2 Å². The molecule has 0 aliphatic carbocycles. The maximum absolute atomic E-state index is 13.3. The average Bonchev–Trinajstić information content (AvgIpc) is 3.59. The van der Waals surface area contributed by atoms with Gasteiger partial charge >= 0.3 is 13.4 Å². The molecule has 8 nitrogen and oxygen atoms in total. The molecule has 2 aliphatic heterocycles. The van der Waals surface area contributed by atoms with Crippen LogP contribution in [0.4, 0.5) is 5.69 Å². The Labute approximate surface area is 182 Å². The van der Waals surface area contributed by atoms with Crippen molar-refractivity contribution in [1.82, 2.24) is 9.34 Å². The number of ether oxygens (including phenoxy) is 1. The van der Waals surface area contributed by atoms with Gasteiger partial charge in [-0.2, -0.15) is 0 Å². The summed E-state index contributed by atoms with van der Waals surface area (Å²) >= 11 is 0. The molecule has 2 aliphatic rings. The van der Waals surface area contributed by atoms with Gasteiger partial charge in [0, 0.05) is 32.2 Å². The number of nitro benzene ring substituents is 1. The lowest BCUT2D eigenvalue weighted by molar-refractivity contribution is -0.385. The summed E-state index contributed by atoms with van der Waals surface area (Å²) in [5.41, 5.74) is 1.69. The SMILES string of the molecule is CC(OP(=O)(N1CC1)N1CC1)c1ccc([N+](=O)[O-])c(Oc2ccc(C(C)(C)C)cc2)c1. The monoisotopic (exact) mass is 445 g/mol. The second-order valence-corrected chi connectivity index (χ2v) is 11.3.